The van der Waals surface area contributed by atoms with Crippen molar-refractivity contribution in [2.45, 2.75) is 0 Å². The van der Waals surface area contributed by atoms with Crippen molar-refractivity contribution >= 4 is 82.0 Å². The molecule has 5 heterocycles. The van der Waals surface area contributed by atoms with E-state index in [9.17, 15) is 0 Å². The van der Waals surface area contributed by atoms with Gasteiger partial charge in [-0.05, 0) is 48.5 Å². The summed E-state index contributed by atoms with van der Waals surface area (Å²) in [7, 11) is 0. The number of furan rings is 1. The molecule has 6 nitrogen and oxygen atoms in total. The molecule has 0 saturated carbocycles. The summed E-state index contributed by atoms with van der Waals surface area (Å²) in [6.45, 7) is 0. The van der Waals surface area contributed by atoms with Gasteiger partial charge in [-0.2, -0.15) is 0 Å². The molecule has 0 aliphatic carbocycles. The first kappa shape index (κ1) is 23.2. The molecule has 5 aromatic heterocycles. The second-order valence-corrected chi connectivity index (χ2v) is 11.6. The number of aromatic nitrogens is 4. The number of benzene rings is 6. The Bertz CT molecular complexity index is 3000. The van der Waals surface area contributed by atoms with Crippen LogP contribution in [0.25, 0.3) is 105 Å². The van der Waals surface area contributed by atoms with Crippen LogP contribution < -0.4 is 0 Å². The van der Waals surface area contributed by atoms with Gasteiger partial charge in [-0.15, -0.1) is 0 Å². The smallest absolute Gasteiger partial charge is 0.182 e. The van der Waals surface area contributed by atoms with Crippen LogP contribution in [0, 0.1) is 0 Å². The lowest BCUT2D eigenvalue weighted by Gasteiger charge is -2.10. The number of para-hydroxylation sites is 4. The van der Waals surface area contributed by atoms with Crippen molar-refractivity contribution in [1.29, 1.82) is 0 Å². The Hall–Kier alpha value is -6.27. The molecular weight excluding hydrogens is 556 g/mol. The van der Waals surface area contributed by atoms with Gasteiger partial charge in [0.15, 0.2) is 17.8 Å². The molecule has 6 heteroatoms. The fourth-order valence-electron chi connectivity index (χ4n) is 7.36. The molecule has 11 aromatic rings. The third-order valence-corrected chi connectivity index (χ3v) is 9.28. The van der Waals surface area contributed by atoms with E-state index in [0.717, 1.165) is 98.9 Å². The molecule has 0 atom stereocenters. The maximum absolute atomic E-state index is 6.44. The molecule has 0 bridgehead atoms. The summed E-state index contributed by atoms with van der Waals surface area (Å²) < 4.78 is 14.7. The van der Waals surface area contributed by atoms with Crippen LogP contribution in [0.15, 0.2) is 130 Å². The average molecular weight is 577 g/mol. The van der Waals surface area contributed by atoms with E-state index < -0.39 is 0 Å². The molecule has 6 aromatic carbocycles. The number of fused-ring (bicyclic) bond motifs is 12. The molecule has 45 heavy (non-hydrogen) atoms. The van der Waals surface area contributed by atoms with Crippen LogP contribution in [0.2, 0.25) is 0 Å². The Morgan fingerprint density at radius 2 is 1.36 bits per heavy atom. The van der Waals surface area contributed by atoms with E-state index >= 15 is 0 Å². The first-order valence-electron chi connectivity index (χ1n) is 14.9. The van der Waals surface area contributed by atoms with Crippen molar-refractivity contribution in [1.82, 2.24) is 19.4 Å². The molecule has 0 aliphatic heterocycles. The van der Waals surface area contributed by atoms with Gasteiger partial charge < -0.3 is 13.2 Å². The summed E-state index contributed by atoms with van der Waals surface area (Å²) >= 11 is 0. The highest BCUT2D eigenvalue weighted by Gasteiger charge is 2.23. The highest BCUT2D eigenvalue weighted by molar-refractivity contribution is 6.30. The van der Waals surface area contributed by atoms with Crippen LogP contribution in [0.5, 0.6) is 0 Å². The molecular formula is C39H20N4O2. The molecule has 0 spiro atoms. The standard InChI is InChI=1S/C39H20N4O2/c1-4-13-29-24(9-1)35(26-12-7-11-23-22-8-3-6-15-33(22)45-37(23)26)42-39(41-29)21-16-17-32-27(18-21)28-19-30-38(44-20-40-30)34-25-10-2-5-14-31(25)43(32)36(28)34/h1-20H. The van der Waals surface area contributed by atoms with E-state index in [1.165, 1.54) is 6.39 Å². The lowest BCUT2D eigenvalue weighted by molar-refractivity contribution is 0.605. The highest BCUT2D eigenvalue weighted by atomic mass is 16.3. The zero-order valence-corrected chi connectivity index (χ0v) is 23.7. The average Bonchev–Trinajstić information content (AvgIpc) is 3.86. The second-order valence-electron chi connectivity index (χ2n) is 11.6. The summed E-state index contributed by atoms with van der Waals surface area (Å²) in [4.78, 5) is 14.9. The maximum Gasteiger partial charge on any atom is 0.182 e. The fraction of sp³-hybridized carbons (Fsp3) is 0. The van der Waals surface area contributed by atoms with Gasteiger partial charge in [-0.25, -0.2) is 15.0 Å². The lowest BCUT2D eigenvalue weighted by Crippen LogP contribution is -1.95. The number of hydrogen-bond donors (Lipinski definition) is 0. The second kappa shape index (κ2) is 8.21. The van der Waals surface area contributed by atoms with Gasteiger partial charge in [0.1, 0.15) is 16.7 Å². The molecule has 11 rings (SSSR count). The SMILES string of the molecule is c1ccc2c(-c3cccc4c3oc3ccccc34)nc(-c3ccc4c(c3)c3cc5ncoc5c5c6ccccc6n4c35)nc2c1. The van der Waals surface area contributed by atoms with Gasteiger partial charge in [-0.3, -0.25) is 0 Å². The van der Waals surface area contributed by atoms with Gasteiger partial charge in [0.05, 0.1) is 33.1 Å². The van der Waals surface area contributed by atoms with Crippen molar-refractivity contribution in [2.24, 2.45) is 0 Å². The van der Waals surface area contributed by atoms with Crippen LogP contribution in [0.3, 0.4) is 0 Å². The maximum atomic E-state index is 6.44. The van der Waals surface area contributed by atoms with Crippen molar-refractivity contribution < 1.29 is 8.83 Å². The molecule has 208 valence electrons. The Morgan fingerprint density at radius 1 is 0.556 bits per heavy atom. The van der Waals surface area contributed by atoms with E-state index in [0.29, 0.717) is 5.82 Å². The number of oxazole rings is 1. The van der Waals surface area contributed by atoms with Gasteiger partial charge >= 0.3 is 0 Å². The van der Waals surface area contributed by atoms with Crippen LogP contribution in [-0.4, -0.2) is 19.4 Å². The van der Waals surface area contributed by atoms with Crippen molar-refractivity contribution in [3.63, 3.8) is 0 Å². The third-order valence-electron chi connectivity index (χ3n) is 9.28. The molecule has 0 unspecified atom stereocenters. The topological polar surface area (TPSA) is 69.4 Å². The van der Waals surface area contributed by atoms with Crippen molar-refractivity contribution in [3.05, 3.63) is 122 Å². The summed E-state index contributed by atoms with van der Waals surface area (Å²) in [5.74, 6) is 0.666. The number of hydrogen-bond acceptors (Lipinski definition) is 5. The Labute approximate surface area is 254 Å². The summed E-state index contributed by atoms with van der Waals surface area (Å²) in [6.07, 6.45) is 1.53. The van der Waals surface area contributed by atoms with Crippen molar-refractivity contribution in [3.8, 4) is 22.6 Å². The fourth-order valence-corrected chi connectivity index (χ4v) is 7.36. The molecule has 0 radical (unpaired) electrons. The normalized spacial score (nSPS) is 12.4. The minimum Gasteiger partial charge on any atom is -0.455 e. The number of rotatable bonds is 2. The summed E-state index contributed by atoms with van der Waals surface area (Å²) in [6, 6.07) is 39.8. The molecule has 0 N–H and O–H groups in total. The van der Waals surface area contributed by atoms with Crippen LogP contribution in [-0.2, 0) is 0 Å². The molecule has 0 aliphatic rings. The molecule has 0 amide bonds. The van der Waals surface area contributed by atoms with E-state index in [2.05, 4.69) is 94.3 Å². The quantitative estimate of drug-likeness (QED) is 0.205. The predicted octanol–water partition coefficient (Wildman–Crippen LogP) is 10.2. The first-order valence-corrected chi connectivity index (χ1v) is 14.9. The minimum atomic E-state index is 0.666. The van der Waals surface area contributed by atoms with Crippen LogP contribution in [0.1, 0.15) is 0 Å². The monoisotopic (exact) mass is 576 g/mol. The molecule has 0 fully saturated rings. The summed E-state index contributed by atoms with van der Waals surface area (Å²) in [5.41, 5.74) is 10.4. The van der Waals surface area contributed by atoms with E-state index in [1.807, 2.05) is 30.3 Å². The van der Waals surface area contributed by atoms with Gasteiger partial charge in [0, 0.05) is 43.4 Å². The summed E-state index contributed by atoms with van der Waals surface area (Å²) in [5, 5.41) is 7.67. The Balaban J connectivity index is 1.21. The highest BCUT2D eigenvalue weighted by Crippen LogP contribution is 2.44. The van der Waals surface area contributed by atoms with Crippen molar-refractivity contribution in [2.75, 3.05) is 0 Å². The minimum absolute atomic E-state index is 0.666. The number of nitrogens with zero attached hydrogens (tertiary/aromatic N) is 4. The van der Waals surface area contributed by atoms with E-state index in [-0.39, 0.29) is 0 Å². The molecule has 0 saturated heterocycles. The first-order chi connectivity index (χ1) is 22.3. The largest absolute Gasteiger partial charge is 0.455 e. The van der Waals surface area contributed by atoms with Crippen LogP contribution >= 0.6 is 0 Å². The van der Waals surface area contributed by atoms with Crippen LogP contribution in [0.4, 0.5) is 0 Å². The van der Waals surface area contributed by atoms with Gasteiger partial charge in [-0.1, -0.05) is 66.7 Å². The Morgan fingerprint density at radius 3 is 2.31 bits per heavy atom. The van der Waals surface area contributed by atoms with E-state index in [1.54, 1.807) is 0 Å². The predicted molar refractivity (Wildman–Crippen MR) is 180 cm³/mol. The van der Waals surface area contributed by atoms with Gasteiger partial charge in [0.25, 0.3) is 0 Å². The zero-order chi connectivity index (χ0) is 29.2. The Kier molecular flexibility index (Phi) is 4.24. The lowest BCUT2D eigenvalue weighted by atomic mass is 10.0. The van der Waals surface area contributed by atoms with E-state index in [4.69, 9.17) is 18.8 Å². The zero-order valence-electron chi connectivity index (χ0n) is 23.7. The third kappa shape index (κ3) is 2.95. The van der Waals surface area contributed by atoms with Gasteiger partial charge in [0.2, 0.25) is 0 Å².